The number of halogens is 3. The van der Waals surface area contributed by atoms with E-state index >= 15 is 0 Å². The van der Waals surface area contributed by atoms with Crippen LogP contribution >= 0.6 is 0 Å². The van der Waals surface area contributed by atoms with Gasteiger partial charge in [0.1, 0.15) is 5.60 Å². The van der Waals surface area contributed by atoms with Crippen LogP contribution in [0.1, 0.15) is 37.8 Å². The van der Waals surface area contributed by atoms with Crippen molar-refractivity contribution in [2.45, 2.75) is 46.0 Å². The van der Waals surface area contributed by atoms with Crippen LogP contribution in [-0.4, -0.2) is 52.8 Å². The highest BCUT2D eigenvalue weighted by Gasteiger charge is 2.38. The summed E-state index contributed by atoms with van der Waals surface area (Å²) < 4.78 is 48.3. The standard InChI is InChI=1S/C15H22F3N3O3/c1-10-11(24-19-12(10)15(16,17)18)9-20-5-7-21(8-6-20)13(22)23-14(2,3)4/h5-9H2,1-4H3. The molecule has 9 heteroatoms. The fourth-order valence-corrected chi connectivity index (χ4v) is 2.40. The molecule has 0 spiro atoms. The van der Waals surface area contributed by atoms with Gasteiger partial charge in [0.2, 0.25) is 0 Å². The number of rotatable bonds is 2. The maximum absolute atomic E-state index is 12.7. The first-order valence-electron chi connectivity index (χ1n) is 7.70. The normalized spacial score (nSPS) is 17.2. The smallest absolute Gasteiger partial charge is 0.437 e. The van der Waals surface area contributed by atoms with E-state index in [1.54, 1.807) is 25.7 Å². The van der Waals surface area contributed by atoms with Gasteiger partial charge in [0.15, 0.2) is 11.5 Å². The van der Waals surface area contributed by atoms with E-state index in [-0.39, 0.29) is 24.0 Å². The van der Waals surface area contributed by atoms with Gasteiger partial charge in [0.05, 0.1) is 6.54 Å². The minimum atomic E-state index is -4.51. The van der Waals surface area contributed by atoms with E-state index in [1.807, 2.05) is 4.90 Å². The molecule has 1 aromatic heterocycles. The number of hydrogen-bond donors (Lipinski definition) is 0. The molecule has 1 saturated heterocycles. The summed E-state index contributed by atoms with van der Waals surface area (Å²) in [7, 11) is 0. The summed E-state index contributed by atoms with van der Waals surface area (Å²) in [5.41, 5.74) is -1.53. The molecule has 1 aromatic rings. The zero-order chi connectivity index (χ0) is 18.1. The van der Waals surface area contributed by atoms with E-state index in [1.165, 1.54) is 6.92 Å². The third kappa shape index (κ3) is 4.62. The van der Waals surface area contributed by atoms with Crippen molar-refractivity contribution in [1.29, 1.82) is 0 Å². The van der Waals surface area contributed by atoms with Crippen LogP contribution in [0, 0.1) is 6.92 Å². The second-order valence-electron chi connectivity index (χ2n) is 6.82. The number of carbonyl (C=O) groups excluding carboxylic acids is 1. The molecule has 0 N–H and O–H groups in total. The van der Waals surface area contributed by atoms with E-state index in [0.29, 0.717) is 26.2 Å². The Morgan fingerprint density at radius 3 is 2.25 bits per heavy atom. The highest BCUT2D eigenvalue weighted by molar-refractivity contribution is 5.68. The predicted molar refractivity (Wildman–Crippen MR) is 79.3 cm³/mol. The van der Waals surface area contributed by atoms with Gasteiger partial charge in [-0.1, -0.05) is 5.16 Å². The first kappa shape index (κ1) is 18.6. The maximum atomic E-state index is 12.7. The summed E-state index contributed by atoms with van der Waals surface area (Å²) >= 11 is 0. The van der Waals surface area contributed by atoms with Gasteiger partial charge < -0.3 is 14.2 Å². The zero-order valence-corrected chi connectivity index (χ0v) is 14.2. The Morgan fingerprint density at radius 1 is 1.21 bits per heavy atom. The fraction of sp³-hybridized carbons (Fsp3) is 0.733. The van der Waals surface area contributed by atoms with E-state index < -0.39 is 17.5 Å². The Labute approximate surface area is 138 Å². The number of nitrogens with zero attached hydrogens (tertiary/aromatic N) is 3. The minimum absolute atomic E-state index is 0.0112. The van der Waals surface area contributed by atoms with Crippen LogP contribution in [0.5, 0.6) is 0 Å². The average molecular weight is 349 g/mol. The van der Waals surface area contributed by atoms with Crippen molar-refractivity contribution in [1.82, 2.24) is 15.0 Å². The van der Waals surface area contributed by atoms with Crippen molar-refractivity contribution in [3.63, 3.8) is 0 Å². The molecule has 0 aliphatic carbocycles. The Kier molecular flexibility index (Phi) is 5.12. The minimum Gasteiger partial charge on any atom is -0.444 e. The van der Waals surface area contributed by atoms with Gasteiger partial charge in [-0.25, -0.2) is 4.79 Å². The molecule has 1 amide bonds. The van der Waals surface area contributed by atoms with Crippen LogP contribution in [0.25, 0.3) is 0 Å². The van der Waals surface area contributed by atoms with Crippen LogP contribution < -0.4 is 0 Å². The largest absolute Gasteiger partial charge is 0.444 e. The number of aromatic nitrogens is 1. The molecule has 1 aliphatic heterocycles. The molecule has 0 atom stereocenters. The van der Waals surface area contributed by atoms with Gasteiger partial charge in [-0.15, -0.1) is 0 Å². The van der Waals surface area contributed by atoms with Crippen LogP contribution in [0.15, 0.2) is 4.52 Å². The lowest BCUT2D eigenvalue weighted by atomic mass is 10.2. The van der Waals surface area contributed by atoms with Crippen LogP contribution in [0.4, 0.5) is 18.0 Å². The van der Waals surface area contributed by atoms with Gasteiger partial charge in [0.25, 0.3) is 0 Å². The third-order valence-corrected chi connectivity index (χ3v) is 3.68. The number of ether oxygens (including phenoxy) is 1. The molecule has 0 saturated carbocycles. The molecule has 2 rings (SSSR count). The van der Waals surface area contributed by atoms with Crippen molar-refractivity contribution >= 4 is 6.09 Å². The molecular formula is C15H22F3N3O3. The van der Waals surface area contributed by atoms with Crippen LogP contribution in [0.2, 0.25) is 0 Å². The molecule has 0 unspecified atom stereocenters. The first-order valence-corrected chi connectivity index (χ1v) is 7.70. The van der Waals surface area contributed by atoms with Crippen LogP contribution in [-0.2, 0) is 17.5 Å². The predicted octanol–water partition coefficient (Wildman–Crippen LogP) is 3.05. The molecule has 0 aromatic carbocycles. The molecule has 136 valence electrons. The van der Waals surface area contributed by atoms with Gasteiger partial charge in [0, 0.05) is 31.7 Å². The highest BCUT2D eigenvalue weighted by Crippen LogP contribution is 2.32. The van der Waals surface area contributed by atoms with Gasteiger partial charge in [-0.2, -0.15) is 13.2 Å². The quantitative estimate of drug-likeness (QED) is 0.821. The summed E-state index contributed by atoms with van der Waals surface area (Å²) in [6.45, 7) is 8.94. The summed E-state index contributed by atoms with van der Waals surface area (Å²) in [4.78, 5) is 15.5. The number of alkyl halides is 3. The SMILES string of the molecule is Cc1c(C(F)(F)F)noc1CN1CCN(C(=O)OC(C)(C)C)CC1. The van der Waals surface area contributed by atoms with Crippen molar-refractivity contribution in [3.05, 3.63) is 17.0 Å². The Morgan fingerprint density at radius 2 is 1.79 bits per heavy atom. The summed E-state index contributed by atoms with van der Waals surface area (Å²) in [5, 5.41) is 3.12. The molecule has 6 nitrogen and oxygen atoms in total. The summed E-state index contributed by atoms with van der Waals surface area (Å²) in [6.07, 6.45) is -4.89. The first-order chi connectivity index (χ1) is 11.0. The Hall–Kier alpha value is -1.77. The second kappa shape index (κ2) is 6.62. The molecule has 1 fully saturated rings. The molecular weight excluding hydrogens is 327 g/mol. The van der Waals surface area contributed by atoms with Gasteiger partial charge >= 0.3 is 12.3 Å². The topological polar surface area (TPSA) is 58.8 Å². The lowest BCUT2D eigenvalue weighted by molar-refractivity contribution is -0.143. The fourth-order valence-electron chi connectivity index (χ4n) is 2.40. The summed E-state index contributed by atoms with van der Waals surface area (Å²) in [5.74, 6) is 0.202. The third-order valence-electron chi connectivity index (χ3n) is 3.68. The van der Waals surface area contributed by atoms with Crippen molar-refractivity contribution < 1.29 is 27.2 Å². The maximum Gasteiger partial charge on any atom is 0.437 e. The number of hydrogen-bond acceptors (Lipinski definition) is 5. The van der Waals surface area contributed by atoms with E-state index in [9.17, 15) is 18.0 Å². The average Bonchev–Trinajstić information content (AvgIpc) is 2.79. The molecule has 0 radical (unpaired) electrons. The highest BCUT2D eigenvalue weighted by atomic mass is 19.4. The lowest BCUT2D eigenvalue weighted by Gasteiger charge is -2.35. The van der Waals surface area contributed by atoms with Gasteiger partial charge in [-0.3, -0.25) is 4.90 Å². The lowest BCUT2D eigenvalue weighted by Crippen LogP contribution is -2.49. The summed E-state index contributed by atoms with van der Waals surface area (Å²) in [6, 6.07) is 0. The number of amides is 1. The molecule has 2 heterocycles. The van der Waals surface area contributed by atoms with Crippen molar-refractivity contribution in [2.24, 2.45) is 0 Å². The second-order valence-corrected chi connectivity index (χ2v) is 6.82. The van der Waals surface area contributed by atoms with E-state index in [2.05, 4.69) is 5.16 Å². The van der Waals surface area contributed by atoms with E-state index in [4.69, 9.17) is 9.26 Å². The molecule has 0 bridgehead atoms. The Bertz CT molecular complexity index is 585. The van der Waals surface area contributed by atoms with Gasteiger partial charge in [-0.05, 0) is 27.7 Å². The van der Waals surface area contributed by atoms with Crippen LogP contribution in [0.3, 0.4) is 0 Å². The number of carbonyl (C=O) groups is 1. The molecule has 1 aliphatic rings. The molecule has 24 heavy (non-hydrogen) atoms. The Balaban J connectivity index is 1.90. The van der Waals surface area contributed by atoms with E-state index in [0.717, 1.165) is 0 Å². The number of piperazine rings is 1. The van der Waals surface area contributed by atoms with Crippen molar-refractivity contribution in [3.8, 4) is 0 Å². The zero-order valence-electron chi connectivity index (χ0n) is 14.2. The van der Waals surface area contributed by atoms with Crippen molar-refractivity contribution in [2.75, 3.05) is 26.2 Å². The monoisotopic (exact) mass is 349 g/mol.